The molecule has 3 aromatic carbocycles. The average molecular weight is 499 g/mol. The van der Waals surface area contributed by atoms with Crippen molar-refractivity contribution in [1.82, 2.24) is 0 Å². The molecule has 0 saturated carbocycles. The lowest BCUT2D eigenvalue weighted by Gasteiger charge is -2.23. The maximum absolute atomic E-state index is 14.8. The lowest BCUT2D eigenvalue weighted by Crippen LogP contribution is -2.09. The van der Waals surface area contributed by atoms with Crippen LogP contribution in [0.3, 0.4) is 0 Å². The molecule has 2 atom stereocenters. The Morgan fingerprint density at radius 2 is 1.58 bits per heavy atom. The van der Waals surface area contributed by atoms with Gasteiger partial charge in [0.1, 0.15) is 0 Å². The van der Waals surface area contributed by atoms with Crippen LogP contribution < -0.4 is 4.74 Å². The summed E-state index contributed by atoms with van der Waals surface area (Å²) in [6.45, 7) is 3.61. The van der Waals surface area contributed by atoms with Crippen molar-refractivity contribution in [2.75, 3.05) is 6.61 Å². The SMILES string of the molecule is CCOc1ccc(C2=CCC(CCc3ccc(-c4ccc(C(C)O)cc4)c(F)c3F)CC2)c(F)c1F. The molecule has 1 N–H and O–H groups in total. The molecule has 0 amide bonds. The number of ether oxygens (including phenoxy) is 1. The summed E-state index contributed by atoms with van der Waals surface area (Å²) in [5, 5.41) is 9.64. The molecule has 2 nitrogen and oxygen atoms in total. The molecule has 36 heavy (non-hydrogen) atoms. The van der Waals surface area contributed by atoms with Crippen LogP contribution in [0.25, 0.3) is 16.7 Å². The first kappa shape index (κ1) is 26.0. The van der Waals surface area contributed by atoms with E-state index in [2.05, 4.69) is 0 Å². The van der Waals surface area contributed by atoms with Crippen LogP contribution in [0.15, 0.2) is 54.6 Å². The zero-order chi connectivity index (χ0) is 25.8. The van der Waals surface area contributed by atoms with Crippen molar-refractivity contribution in [3.63, 3.8) is 0 Å². The molecule has 2 unspecified atom stereocenters. The molecule has 0 spiro atoms. The van der Waals surface area contributed by atoms with Crippen molar-refractivity contribution in [2.24, 2.45) is 5.92 Å². The Morgan fingerprint density at radius 3 is 2.22 bits per heavy atom. The van der Waals surface area contributed by atoms with Gasteiger partial charge in [-0.05, 0) is 86.3 Å². The number of hydrogen-bond donors (Lipinski definition) is 1. The van der Waals surface area contributed by atoms with Gasteiger partial charge in [0.25, 0.3) is 0 Å². The fourth-order valence-electron chi connectivity index (χ4n) is 4.75. The number of allylic oxidation sites excluding steroid dienone is 2. The largest absolute Gasteiger partial charge is 0.491 e. The topological polar surface area (TPSA) is 29.5 Å². The third-order valence-corrected chi connectivity index (χ3v) is 6.90. The summed E-state index contributed by atoms with van der Waals surface area (Å²) < 4.78 is 63.6. The van der Waals surface area contributed by atoms with Gasteiger partial charge >= 0.3 is 0 Å². The van der Waals surface area contributed by atoms with Gasteiger partial charge in [0.2, 0.25) is 5.82 Å². The number of aryl methyl sites for hydroxylation is 1. The molecule has 6 heteroatoms. The Kier molecular flexibility index (Phi) is 8.14. The molecule has 0 aliphatic heterocycles. The fourth-order valence-corrected chi connectivity index (χ4v) is 4.75. The van der Waals surface area contributed by atoms with E-state index in [1.54, 1.807) is 56.3 Å². The average Bonchev–Trinajstić information content (AvgIpc) is 2.88. The lowest BCUT2D eigenvalue weighted by molar-refractivity contribution is 0.199. The van der Waals surface area contributed by atoms with E-state index in [1.165, 1.54) is 6.07 Å². The van der Waals surface area contributed by atoms with Crippen molar-refractivity contribution < 1.29 is 27.4 Å². The monoisotopic (exact) mass is 498 g/mol. The van der Waals surface area contributed by atoms with Gasteiger partial charge in [-0.1, -0.05) is 42.5 Å². The first-order chi connectivity index (χ1) is 17.3. The standard InChI is InChI=1S/C30H30F4O2/c1-3-36-26-17-16-25(29(33)30(26)34)21-7-4-19(5-8-21)6-9-23-14-15-24(28(32)27(23)31)22-12-10-20(11-13-22)18(2)35/h7,10-19,35H,3-6,8-9H2,1-2H3. The van der Waals surface area contributed by atoms with Gasteiger partial charge in [0, 0.05) is 11.1 Å². The molecule has 0 fully saturated rings. The molecule has 3 aromatic rings. The minimum Gasteiger partial charge on any atom is -0.491 e. The van der Waals surface area contributed by atoms with Crippen LogP contribution in [0, 0.1) is 29.2 Å². The van der Waals surface area contributed by atoms with Gasteiger partial charge in [0.05, 0.1) is 12.7 Å². The second-order valence-electron chi connectivity index (χ2n) is 9.28. The van der Waals surface area contributed by atoms with E-state index in [9.17, 15) is 22.7 Å². The van der Waals surface area contributed by atoms with Gasteiger partial charge in [-0.3, -0.25) is 0 Å². The summed E-state index contributed by atoms with van der Waals surface area (Å²) in [5.74, 6) is -3.44. The van der Waals surface area contributed by atoms with E-state index >= 15 is 0 Å². The Labute approximate surface area is 209 Å². The highest BCUT2D eigenvalue weighted by Crippen LogP contribution is 2.36. The smallest absolute Gasteiger partial charge is 0.201 e. The second kappa shape index (κ2) is 11.3. The third kappa shape index (κ3) is 5.49. The summed E-state index contributed by atoms with van der Waals surface area (Å²) >= 11 is 0. The molecule has 190 valence electrons. The third-order valence-electron chi connectivity index (χ3n) is 6.90. The summed E-state index contributed by atoms with van der Waals surface area (Å²) in [7, 11) is 0. The number of aliphatic hydroxyl groups is 1. The van der Waals surface area contributed by atoms with Crippen molar-refractivity contribution >= 4 is 5.57 Å². The number of rotatable bonds is 8. The Balaban J connectivity index is 1.40. The predicted octanol–water partition coefficient (Wildman–Crippen LogP) is 8.18. The van der Waals surface area contributed by atoms with Crippen LogP contribution in [0.1, 0.15) is 62.3 Å². The zero-order valence-electron chi connectivity index (χ0n) is 20.5. The fraction of sp³-hybridized carbons (Fsp3) is 0.333. The highest BCUT2D eigenvalue weighted by Gasteiger charge is 2.22. The van der Waals surface area contributed by atoms with Gasteiger partial charge in [-0.25, -0.2) is 13.2 Å². The van der Waals surface area contributed by atoms with Crippen LogP contribution in [0.2, 0.25) is 0 Å². The first-order valence-corrected chi connectivity index (χ1v) is 12.4. The minimum atomic E-state index is -0.975. The molecular formula is C30H30F4O2. The van der Waals surface area contributed by atoms with Gasteiger partial charge in [0.15, 0.2) is 23.2 Å². The summed E-state index contributed by atoms with van der Waals surface area (Å²) in [4.78, 5) is 0. The van der Waals surface area contributed by atoms with E-state index in [0.717, 1.165) is 12.0 Å². The van der Waals surface area contributed by atoms with E-state index in [4.69, 9.17) is 4.74 Å². The van der Waals surface area contributed by atoms with Crippen LogP contribution in [0.4, 0.5) is 17.6 Å². The highest BCUT2D eigenvalue weighted by molar-refractivity contribution is 5.68. The van der Waals surface area contributed by atoms with Gasteiger partial charge in [-0.2, -0.15) is 4.39 Å². The minimum absolute atomic E-state index is 0.0925. The molecule has 4 rings (SSSR count). The molecule has 0 aromatic heterocycles. The van der Waals surface area contributed by atoms with Crippen LogP contribution >= 0.6 is 0 Å². The number of hydrogen-bond acceptors (Lipinski definition) is 2. The van der Waals surface area contributed by atoms with Crippen molar-refractivity contribution in [2.45, 2.75) is 52.1 Å². The molecule has 0 radical (unpaired) electrons. The maximum atomic E-state index is 14.8. The molecule has 1 aliphatic carbocycles. The second-order valence-corrected chi connectivity index (χ2v) is 9.28. The lowest BCUT2D eigenvalue weighted by atomic mass is 9.83. The highest BCUT2D eigenvalue weighted by atomic mass is 19.2. The van der Waals surface area contributed by atoms with Crippen LogP contribution in [-0.4, -0.2) is 11.7 Å². The van der Waals surface area contributed by atoms with E-state index in [1.807, 2.05) is 6.08 Å². The summed E-state index contributed by atoms with van der Waals surface area (Å²) in [5.41, 5.74) is 2.77. The van der Waals surface area contributed by atoms with Crippen LogP contribution in [-0.2, 0) is 6.42 Å². The number of halogens is 4. The molecule has 1 aliphatic rings. The summed E-state index contributed by atoms with van der Waals surface area (Å²) in [6.07, 6.45) is 4.37. The molecule has 0 heterocycles. The van der Waals surface area contributed by atoms with E-state index < -0.39 is 29.4 Å². The quantitative estimate of drug-likeness (QED) is 0.317. The predicted molar refractivity (Wildman–Crippen MR) is 134 cm³/mol. The molecule has 0 bridgehead atoms. The molecular weight excluding hydrogens is 468 g/mol. The van der Waals surface area contributed by atoms with E-state index in [0.29, 0.717) is 42.4 Å². The van der Waals surface area contributed by atoms with Gasteiger partial charge < -0.3 is 9.84 Å². The Morgan fingerprint density at radius 1 is 0.889 bits per heavy atom. The zero-order valence-corrected chi connectivity index (χ0v) is 20.5. The summed E-state index contributed by atoms with van der Waals surface area (Å²) in [6, 6.07) is 13.0. The molecule has 0 saturated heterocycles. The Hall–Kier alpha value is -3.12. The number of aliphatic hydroxyl groups excluding tert-OH is 1. The van der Waals surface area contributed by atoms with Crippen molar-refractivity contribution in [1.29, 1.82) is 0 Å². The van der Waals surface area contributed by atoms with Crippen molar-refractivity contribution in [3.8, 4) is 16.9 Å². The van der Waals surface area contributed by atoms with Crippen molar-refractivity contribution in [3.05, 3.63) is 94.6 Å². The Bertz CT molecular complexity index is 1250. The normalized spacial score (nSPS) is 16.5. The maximum Gasteiger partial charge on any atom is 0.201 e. The first-order valence-electron chi connectivity index (χ1n) is 12.4. The van der Waals surface area contributed by atoms with E-state index in [-0.39, 0.29) is 29.4 Å². The van der Waals surface area contributed by atoms with Gasteiger partial charge in [-0.15, -0.1) is 0 Å². The van der Waals surface area contributed by atoms with Crippen LogP contribution in [0.5, 0.6) is 5.75 Å². The number of benzene rings is 3.